The maximum absolute atomic E-state index is 13.3. The summed E-state index contributed by atoms with van der Waals surface area (Å²) in [5.74, 6) is -3.19. The van der Waals surface area contributed by atoms with Gasteiger partial charge in [0.15, 0.2) is 11.5 Å². The quantitative estimate of drug-likeness (QED) is 0.405. The Labute approximate surface area is 210 Å². The molecule has 0 saturated heterocycles. The molecule has 10 nitrogen and oxygen atoms in total. The van der Waals surface area contributed by atoms with E-state index in [1.54, 1.807) is 0 Å². The van der Waals surface area contributed by atoms with Crippen molar-refractivity contribution in [2.24, 2.45) is 0 Å². The molecular formula is C22H20F6N6O4. The predicted molar refractivity (Wildman–Crippen MR) is 119 cm³/mol. The van der Waals surface area contributed by atoms with E-state index in [4.69, 9.17) is 5.73 Å². The van der Waals surface area contributed by atoms with Gasteiger partial charge in [0.1, 0.15) is 17.4 Å². The minimum Gasteiger partial charge on any atom is -0.405 e. The van der Waals surface area contributed by atoms with E-state index < -0.39 is 54.3 Å². The van der Waals surface area contributed by atoms with E-state index in [2.05, 4.69) is 20.1 Å². The highest BCUT2D eigenvalue weighted by Gasteiger charge is 2.47. The van der Waals surface area contributed by atoms with Crippen molar-refractivity contribution in [3.63, 3.8) is 0 Å². The molecule has 4 rings (SSSR count). The van der Waals surface area contributed by atoms with E-state index >= 15 is 0 Å². The van der Waals surface area contributed by atoms with Gasteiger partial charge in [-0.1, -0.05) is 0 Å². The van der Waals surface area contributed by atoms with Crippen LogP contribution in [0, 0.1) is 0 Å². The van der Waals surface area contributed by atoms with Crippen LogP contribution in [0.2, 0.25) is 0 Å². The predicted octanol–water partition coefficient (Wildman–Crippen LogP) is 2.89. The second kappa shape index (κ2) is 9.34. The highest BCUT2D eigenvalue weighted by Crippen LogP contribution is 2.40. The number of nitrogens with zero attached hydrogens (tertiary/aromatic N) is 4. The Kier molecular flexibility index (Phi) is 6.63. The maximum Gasteiger partial charge on any atom is 0.573 e. The molecule has 3 heterocycles. The third-order valence-corrected chi connectivity index (χ3v) is 5.85. The number of aromatic nitrogens is 3. The van der Waals surface area contributed by atoms with Crippen LogP contribution in [0.4, 0.5) is 32.2 Å². The number of carbonyl (C=O) groups excluding carboxylic acids is 2. The molecule has 0 radical (unpaired) electrons. The molecule has 38 heavy (non-hydrogen) atoms. The van der Waals surface area contributed by atoms with Gasteiger partial charge in [0.25, 0.3) is 11.8 Å². The fraction of sp³-hybridized carbons (Fsp3) is 0.364. The van der Waals surface area contributed by atoms with Crippen LogP contribution in [0.25, 0.3) is 16.9 Å². The lowest BCUT2D eigenvalue weighted by Gasteiger charge is -2.26. The summed E-state index contributed by atoms with van der Waals surface area (Å²) in [5.41, 5.74) is 4.78. The van der Waals surface area contributed by atoms with Crippen molar-refractivity contribution >= 4 is 23.3 Å². The lowest BCUT2D eigenvalue weighted by atomic mass is 10.0. The number of amides is 2. The summed E-state index contributed by atoms with van der Waals surface area (Å²) < 4.78 is 84.5. The Morgan fingerprint density at radius 2 is 1.92 bits per heavy atom. The number of benzene rings is 1. The molecule has 2 atom stereocenters. The molecule has 0 fully saturated rings. The summed E-state index contributed by atoms with van der Waals surface area (Å²) in [4.78, 5) is 30.1. The number of ether oxygens (including phenoxy) is 1. The monoisotopic (exact) mass is 546 g/mol. The third kappa shape index (κ3) is 5.03. The SMILES string of the molecule is CC(CO)NC(=O)c1c(N)nn2ccc(-c3cc4c(c(OC(F)(F)F)c3)C(=O)N(C(C)C(F)(F)F)C4)nc12. The Morgan fingerprint density at radius 1 is 1.24 bits per heavy atom. The topological polar surface area (TPSA) is 135 Å². The van der Waals surface area contributed by atoms with Crippen molar-refractivity contribution in [3.8, 4) is 17.0 Å². The first-order valence-electron chi connectivity index (χ1n) is 11.0. The van der Waals surface area contributed by atoms with E-state index in [0.717, 1.165) is 17.5 Å². The number of alkyl halides is 6. The van der Waals surface area contributed by atoms with Crippen LogP contribution in [0.5, 0.6) is 5.75 Å². The van der Waals surface area contributed by atoms with Crippen molar-refractivity contribution in [2.75, 3.05) is 12.3 Å². The molecule has 4 N–H and O–H groups in total. The average molecular weight is 546 g/mol. The lowest BCUT2D eigenvalue weighted by Crippen LogP contribution is -2.43. The smallest absolute Gasteiger partial charge is 0.405 e. The molecule has 16 heteroatoms. The first kappa shape index (κ1) is 27.0. The van der Waals surface area contributed by atoms with Gasteiger partial charge >= 0.3 is 12.5 Å². The number of rotatable bonds is 6. The van der Waals surface area contributed by atoms with Gasteiger partial charge in [0, 0.05) is 24.3 Å². The highest BCUT2D eigenvalue weighted by atomic mass is 19.4. The van der Waals surface area contributed by atoms with E-state index in [-0.39, 0.29) is 40.5 Å². The van der Waals surface area contributed by atoms with E-state index in [1.165, 1.54) is 25.3 Å². The van der Waals surface area contributed by atoms with Crippen LogP contribution in [0.15, 0.2) is 24.4 Å². The zero-order valence-electron chi connectivity index (χ0n) is 19.7. The number of fused-ring (bicyclic) bond motifs is 2. The minimum absolute atomic E-state index is 0.00810. The number of aliphatic hydroxyl groups excluding tert-OH is 1. The number of anilines is 1. The van der Waals surface area contributed by atoms with Crippen molar-refractivity contribution < 1.29 is 45.8 Å². The van der Waals surface area contributed by atoms with Gasteiger partial charge < -0.3 is 25.8 Å². The second-order valence-corrected chi connectivity index (χ2v) is 8.61. The summed E-state index contributed by atoms with van der Waals surface area (Å²) in [5, 5.41) is 15.6. The minimum atomic E-state index is -5.25. The lowest BCUT2D eigenvalue weighted by molar-refractivity contribution is -0.274. The van der Waals surface area contributed by atoms with Crippen molar-refractivity contribution in [1.29, 1.82) is 0 Å². The summed E-state index contributed by atoms with van der Waals surface area (Å²) in [7, 11) is 0. The Morgan fingerprint density at radius 3 is 2.53 bits per heavy atom. The first-order valence-corrected chi connectivity index (χ1v) is 11.0. The Hall–Kier alpha value is -4.08. The van der Waals surface area contributed by atoms with Crippen LogP contribution in [0.1, 0.15) is 40.1 Å². The van der Waals surface area contributed by atoms with Gasteiger partial charge in [-0.3, -0.25) is 9.59 Å². The summed E-state index contributed by atoms with van der Waals surface area (Å²) in [6, 6.07) is 0.474. The Balaban J connectivity index is 1.83. The van der Waals surface area contributed by atoms with Crippen LogP contribution in [0.3, 0.4) is 0 Å². The van der Waals surface area contributed by atoms with E-state index in [1.807, 2.05) is 0 Å². The number of aliphatic hydroxyl groups is 1. The van der Waals surface area contributed by atoms with Gasteiger partial charge in [0.05, 0.1) is 17.9 Å². The highest BCUT2D eigenvalue weighted by molar-refractivity contribution is 6.04. The van der Waals surface area contributed by atoms with Gasteiger partial charge in [-0.15, -0.1) is 18.3 Å². The molecule has 3 aromatic rings. The fourth-order valence-electron chi connectivity index (χ4n) is 3.95. The van der Waals surface area contributed by atoms with Crippen LogP contribution < -0.4 is 15.8 Å². The van der Waals surface area contributed by atoms with Gasteiger partial charge in [-0.05, 0) is 37.6 Å². The molecule has 0 bridgehead atoms. The van der Waals surface area contributed by atoms with Crippen LogP contribution >= 0.6 is 0 Å². The summed E-state index contributed by atoms with van der Waals surface area (Å²) in [6.45, 7) is 1.25. The molecular weight excluding hydrogens is 526 g/mol. The van der Waals surface area contributed by atoms with Crippen molar-refractivity contribution in [2.45, 2.75) is 45.0 Å². The molecule has 204 valence electrons. The number of hydrogen-bond donors (Lipinski definition) is 3. The van der Waals surface area contributed by atoms with E-state index in [9.17, 15) is 41.0 Å². The molecule has 1 aliphatic heterocycles. The molecule has 2 aromatic heterocycles. The van der Waals surface area contributed by atoms with Crippen molar-refractivity contribution in [3.05, 3.63) is 41.1 Å². The normalized spacial score (nSPS) is 15.5. The maximum atomic E-state index is 13.3. The molecule has 0 saturated carbocycles. The second-order valence-electron chi connectivity index (χ2n) is 8.61. The molecule has 2 amide bonds. The number of halogens is 6. The largest absolute Gasteiger partial charge is 0.573 e. The molecule has 2 unspecified atom stereocenters. The van der Waals surface area contributed by atoms with E-state index in [0.29, 0.717) is 4.90 Å². The van der Waals surface area contributed by atoms with Crippen LogP contribution in [-0.4, -0.2) is 67.6 Å². The number of nitrogen functional groups attached to an aromatic ring is 1. The Bertz CT molecular complexity index is 1420. The molecule has 1 aliphatic rings. The first-order chi connectivity index (χ1) is 17.6. The standard InChI is InChI=1S/C22H20F6N6O4/c1-9(8-35)30-19(36)16-17(29)32-34-4-3-13(31-18(16)34)11-5-12-7-33(10(2)21(23,24)25)20(37)15(12)14(6-11)38-22(26,27)28/h3-6,9-10,35H,7-8H2,1-2H3,(H2,29,32)(H,30,36). The number of carbonyl (C=O) groups is 2. The fourth-order valence-corrected chi connectivity index (χ4v) is 3.95. The van der Waals surface area contributed by atoms with Gasteiger partial charge in [0.2, 0.25) is 0 Å². The zero-order chi connectivity index (χ0) is 28.2. The number of hydrogen-bond acceptors (Lipinski definition) is 7. The number of nitrogens with one attached hydrogen (secondary N) is 1. The summed E-state index contributed by atoms with van der Waals surface area (Å²) in [6.07, 6.45) is -8.74. The zero-order valence-corrected chi connectivity index (χ0v) is 19.7. The molecule has 0 spiro atoms. The summed E-state index contributed by atoms with van der Waals surface area (Å²) >= 11 is 0. The van der Waals surface area contributed by atoms with Gasteiger partial charge in [-0.25, -0.2) is 9.50 Å². The number of nitrogens with two attached hydrogens (primary N) is 1. The molecule has 0 aliphatic carbocycles. The third-order valence-electron chi connectivity index (χ3n) is 5.85. The molecule has 1 aromatic carbocycles. The van der Waals surface area contributed by atoms with Crippen molar-refractivity contribution in [1.82, 2.24) is 24.8 Å². The van der Waals surface area contributed by atoms with Crippen LogP contribution in [-0.2, 0) is 6.54 Å². The van der Waals surface area contributed by atoms with Gasteiger partial charge in [-0.2, -0.15) is 13.2 Å². The average Bonchev–Trinajstić information content (AvgIpc) is 3.32.